The summed E-state index contributed by atoms with van der Waals surface area (Å²) in [5.41, 5.74) is 3.14. The molecule has 2 atom stereocenters. The van der Waals surface area contributed by atoms with Crippen LogP contribution in [-0.2, 0) is 11.2 Å². The molecule has 2 aliphatic heterocycles. The molecule has 0 bridgehead atoms. The molecule has 0 aliphatic carbocycles. The molecular weight excluding hydrogens is 264 g/mol. The summed E-state index contributed by atoms with van der Waals surface area (Å²) in [6.45, 7) is 3.71. The molecule has 1 saturated heterocycles. The van der Waals surface area contributed by atoms with Crippen molar-refractivity contribution in [3.05, 3.63) is 29.3 Å². The average Bonchev–Trinajstić information content (AvgIpc) is 2.98. The lowest BCUT2D eigenvalue weighted by Gasteiger charge is -2.16. The van der Waals surface area contributed by atoms with Gasteiger partial charge >= 0.3 is 0 Å². The minimum atomic E-state index is 0. The molecule has 5 heteroatoms. The van der Waals surface area contributed by atoms with Crippen molar-refractivity contribution in [3.63, 3.8) is 0 Å². The van der Waals surface area contributed by atoms with Crippen LogP contribution >= 0.6 is 12.4 Å². The second-order valence-electron chi connectivity index (χ2n) is 4.99. The minimum absolute atomic E-state index is 0. The molecule has 2 unspecified atom stereocenters. The minimum Gasteiger partial charge on any atom is -0.384 e. The predicted octanol–water partition coefficient (Wildman–Crippen LogP) is 1.98. The number of rotatable bonds is 2. The van der Waals surface area contributed by atoms with E-state index in [9.17, 15) is 4.79 Å². The number of halogens is 1. The standard InChI is InChI=1S/C14H18N2O2.ClH/c1-9-12(5-7-18-9)16-14(17)11-2-3-13-10(8-11)4-6-15-13;/h2-3,8-9,12,15H,4-7H2,1H3,(H,16,17);1H. The van der Waals surface area contributed by atoms with Gasteiger partial charge in [-0.1, -0.05) is 0 Å². The maximum Gasteiger partial charge on any atom is 0.251 e. The number of anilines is 1. The number of hydrogen-bond acceptors (Lipinski definition) is 3. The number of amides is 1. The zero-order chi connectivity index (χ0) is 12.5. The SMILES string of the molecule is CC1OCCC1NC(=O)c1ccc2c(c1)CCN2.Cl. The van der Waals surface area contributed by atoms with E-state index in [1.807, 2.05) is 25.1 Å². The lowest BCUT2D eigenvalue weighted by molar-refractivity contribution is 0.0866. The highest BCUT2D eigenvalue weighted by Gasteiger charge is 2.26. The van der Waals surface area contributed by atoms with Crippen LogP contribution in [0.1, 0.15) is 29.3 Å². The third-order valence-corrected chi connectivity index (χ3v) is 3.77. The van der Waals surface area contributed by atoms with Crippen LogP contribution < -0.4 is 10.6 Å². The van der Waals surface area contributed by atoms with Gasteiger partial charge < -0.3 is 15.4 Å². The maximum absolute atomic E-state index is 12.2. The van der Waals surface area contributed by atoms with Crippen LogP contribution in [0.4, 0.5) is 5.69 Å². The molecule has 2 N–H and O–H groups in total. The van der Waals surface area contributed by atoms with Crippen molar-refractivity contribution in [3.8, 4) is 0 Å². The summed E-state index contributed by atoms with van der Waals surface area (Å²) >= 11 is 0. The summed E-state index contributed by atoms with van der Waals surface area (Å²) < 4.78 is 5.45. The largest absolute Gasteiger partial charge is 0.384 e. The van der Waals surface area contributed by atoms with Crippen LogP contribution in [-0.4, -0.2) is 31.2 Å². The number of carbonyl (C=O) groups is 1. The van der Waals surface area contributed by atoms with Crippen molar-refractivity contribution in [1.82, 2.24) is 5.32 Å². The highest BCUT2D eigenvalue weighted by molar-refractivity contribution is 5.95. The molecule has 0 spiro atoms. The quantitative estimate of drug-likeness (QED) is 0.872. The van der Waals surface area contributed by atoms with Crippen molar-refractivity contribution in [2.45, 2.75) is 31.9 Å². The van der Waals surface area contributed by atoms with Gasteiger partial charge in [0.25, 0.3) is 5.91 Å². The van der Waals surface area contributed by atoms with E-state index in [4.69, 9.17) is 4.74 Å². The maximum atomic E-state index is 12.2. The summed E-state index contributed by atoms with van der Waals surface area (Å²) in [5.74, 6) is 0.00653. The lowest BCUT2D eigenvalue weighted by Crippen LogP contribution is -2.39. The fourth-order valence-electron chi connectivity index (χ4n) is 2.62. The number of nitrogens with one attached hydrogen (secondary N) is 2. The van der Waals surface area contributed by atoms with E-state index in [1.54, 1.807) is 0 Å². The third kappa shape index (κ3) is 2.85. The van der Waals surface area contributed by atoms with Gasteiger partial charge in [-0.15, -0.1) is 12.4 Å². The Kier molecular flexibility index (Phi) is 4.32. The summed E-state index contributed by atoms with van der Waals surface area (Å²) in [5, 5.41) is 6.35. The Morgan fingerprint density at radius 3 is 3.05 bits per heavy atom. The lowest BCUT2D eigenvalue weighted by atomic mass is 10.1. The molecular formula is C14H19ClN2O2. The van der Waals surface area contributed by atoms with Gasteiger partial charge in [-0.25, -0.2) is 0 Å². The Hall–Kier alpha value is -1.26. The first kappa shape index (κ1) is 14.2. The van der Waals surface area contributed by atoms with Crippen LogP contribution in [0.3, 0.4) is 0 Å². The van der Waals surface area contributed by atoms with Gasteiger partial charge in [0.1, 0.15) is 0 Å². The van der Waals surface area contributed by atoms with E-state index in [0.29, 0.717) is 0 Å². The van der Waals surface area contributed by atoms with Gasteiger partial charge in [-0.2, -0.15) is 0 Å². The molecule has 4 nitrogen and oxygen atoms in total. The molecule has 104 valence electrons. The Labute approximate surface area is 119 Å². The van der Waals surface area contributed by atoms with Crippen molar-refractivity contribution >= 4 is 24.0 Å². The predicted molar refractivity (Wildman–Crippen MR) is 77.2 cm³/mol. The Balaban J connectivity index is 0.00000133. The van der Waals surface area contributed by atoms with E-state index < -0.39 is 0 Å². The zero-order valence-corrected chi connectivity index (χ0v) is 11.8. The highest BCUT2D eigenvalue weighted by atomic mass is 35.5. The smallest absolute Gasteiger partial charge is 0.251 e. The molecule has 2 aliphatic rings. The summed E-state index contributed by atoms with van der Waals surface area (Å²) in [7, 11) is 0. The van der Waals surface area contributed by atoms with Gasteiger partial charge in [0, 0.05) is 24.4 Å². The number of fused-ring (bicyclic) bond motifs is 1. The highest BCUT2D eigenvalue weighted by Crippen LogP contribution is 2.23. The average molecular weight is 283 g/mol. The second-order valence-corrected chi connectivity index (χ2v) is 4.99. The monoisotopic (exact) mass is 282 g/mol. The van der Waals surface area contributed by atoms with Gasteiger partial charge in [-0.05, 0) is 43.5 Å². The molecule has 0 aromatic heterocycles. The molecule has 1 fully saturated rings. The first-order valence-corrected chi connectivity index (χ1v) is 6.53. The van der Waals surface area contributed by atoms with Crippen LogP contribution in [0, 0.1) is 0 Å². The molecule has 2 heterocycles. The van der Waals surface area contributed by atoms with Crippen LogP contribution in [0.2, 0.25) is 0 Å². The zero-order valence-electron chi connectivity index (χ0n) is 10.9. The number of hydrogen-bond donors (Lipinski definition) is 2. The fourth-order valence-corrected chi connectivity index (χ4v) is 2.62. The first-order valence-electron chi connectivity index (χ1n) is 6.53. The summed E-state index contributed by atoms with van der Waals surface area (Å²) in [6.07, 6.45) is 2.02. The molecule has 1 amide bonds. The summed E-state index contributed by atoms with van der Waals surface area (Å²) in [6, 6.07) is 6.01. The summed E-state index contributed by atoms with van der Waals surface area (Å²) in [4.78, 5) is 12.2. The topological polar surface area (TPSA) is 50.4 Å². The Morgan fingerprint density at radius 2 is 2.32 bits per heavy atom. The van der Waals surface area contributed by atoms with E-state index in [2.05, 4.69) is 10.6 Å². The van der Waals surface area contributed by atoms with Crippen molar-refractivity contribution < 1.29 is 9.53 Å². The van der Waals surface area contributed by atoms with Crippen molar-refractivity contribution in [2.24, 2.45) is 0 Å². The molecule has 19 heavy (non-hydrogen) atoms. The number of ether oxygens (including phenoxy) is 1. The van der Waals surface area contributed by atoms with E-state index >= 15 is 0 Å². The second kappa shape index (κ2) is 5.80. The van der Waals surface area contributed by atoms with E-state index in [1.165, 1.54) is 5.56 Å². The van der Waals surface area contributed by atoms with E-state index in [-0.39, 0.29) is 30.5 Å². The van der Waals surface area contributed by atoms with Gasteiger partial charge in [-0.3, -0.25) is 4.79 Å². The third-order valence-electron chi connectivity index (χ3n) is 3.77. The fraction of sp³-hybridized carbons (Fsp3) is 0.500. The van der Waals surface area contributed by atoms with Crippen molar-refractivity contribution in [1.29, 1.82) is 0 Å². The van der Waals surface area contributed by atoms with Crippen LogP contribution in [0.5, 0.6) is 0 Å². The van der Waals surface area contributed by atoms with E-state index in [0.717, 1.165) is 37.2 Å². The van der Waals surface area contributed by atoms with Crippen molar-refractivity contribution in [2.75, 3.05) is 18.5 Å². The molecule has 1 aromatic rings. The van der Waals surface area contributed by atoms with Crippen LogP contribution in [0.15, 0.2) is 18.2 Å². The Morgan fingerprint density at radius 1 is 1.47 bits per heavy atom. The molecule has 3 rings (SSSR count). The van der Waals surface area contributed by atoms with Gasteiger partial charge in [0.05, 0.1) is 12.1 Å². The Bertz CT molecular complexity index is 479. The molecule has 1 aromatic carbocycles. The normalized spacial score (nSPS) is 24.3. The van der Waals surface area contributed by atoms with Gasteiger partial charge in [0.2, 0.25) is 0 Å². The first-order chi connectivity index (χ1) is 8.74. The number of carbonyl (C=O) groups excluding carboxylic acids is 1. The molecule has 0 radical (unpaired) electrons. The van der Waals surface area contributed by atoms with Gasteiger partial charge in [0.15, 0.2) is 0 Å². The number of benzene rings is 1. The van der Waals surface area contributed by atoms with Crippen LogP contribution in [0.25, 0.3) is 0 Å². The molecule has 0 saturated carbocycles.